The summed E-state index contributed by atoms with van der Waals surface area (Å²) in [5.74, 6) is -1.02. The molecule has 0 aliphatic heterocycles. The van der Waals surface area contributed by atoms with Crippen LogP contribution in [-0.2, 0) is 9.59 Å². The smallest absolute Gasteiger partial charge is 0.308 e. The van der Waals surface area contributed by atoms with Crippen molar-refractivity contribution in [3.05, 3.63) is 0 Å². The Balaban J connectivity index is 2.16. The van der Waals surface area contributed by atoms with Gasteiger partial charge in [-0.15, -0.1) is 0 Å². The van der Waals surface area contributed by atoms with Crippen LogP contribution in [0.25, 0.3) is 0 Å². The van der Waals surface area contributed by atoms with E-state index in [1.165, 1.54) is 0 Å². The highest BCUT2D eigenvalue weighted by Crippen LogP contribution is 2.27. The van der Waals surface area contributed by atoms with Crippen molar-refractivity contribution >= 4 is 11.9 Å². The molecule has 1 aliphatic rings. The fraction of sp³-hybridized carbons (Fsp3) is 0.833. The van der Waals surface area contributed by atoms with Crippen LogP contribution in [0.4, 0.5) is 0 Å². The monoisotopic (exact) mass is 242 g/mol. The Hall–Kier alpha value is -1.10. The van der Waals surface area contributed by atoms with E-state index >= 15 is 0 Å². The van der Waals surface area contributed by atoms with Crippen LogP contribution in [0, 0.1) is 5.92 Å². The molecule has 2 unspecified atom stereocenters. The van der Waals surface area contributed by atoms with E-state index in [9.17, 15) is 9.59 Å². The van der Waals surface area contributed by atoms with Gasteiger partial charge in [0, 0.05) is 24.5 Å². The summed E-state index contributed by atoms with van der Waals surface area (Å²) in [7, 11) is 0. The molecule has 0 radical (unpaired) electrons. The number of aliphatic carboxylic acids is 1. The standard InChI is InChI=1S/C12H22N2O3/c1-12(2,3)14-10(15)6-7-13-9-5-4-8(9)11(16)17/h8-9,13H,4-7H2,1-3H3,(H,14,15)(H,16,17). The predicted molar refractivity (Wildman–Crippen MR) is 64.7 cm³/mol. The molecule has 5 nitrogen and oxygen atoms in total. The second kappa shape index (κ2) is 5.49. The number of rotatable bonds is 5. The largest absolute Gasteiger partial charge is 0.481 e. The molecule has 0 bridgehead atoms. The van der Waals surface area contributed by atoms with Gasteiger partial charge in [0.1, 0.15) is 0 Å². The average Bonchev–Trinajstić information content (AvgIpc) is 2.06. The quantitative estimate of drug-likeness (QED) is 0.664. The summed E-state index contributed by atoms with van der Waals surface area (Å²) in [5, 5.41) is 14.8. The van der Waals surface area contributed by atoms with Crippen molar-refractivity contribution in [1.82, 2.24) is 10.6 Å². The van der Waals surface area contributed by atoms with Crippen molar-refractivity contribution in [2.45, 2.75) is 51.6 Å². The number of carbonyl (C=O) groups is 2. The van der Waals surface area contributed by atoms with Gasteiger partial charge in [0.05, 0.1) is 5.92 Å². The molecule has 0 aromatic heterocycles. The fourth-order valence-electron chi connectivity index (χ4n) is 1.89. The van der Waals surface area contributed by atoms with Gasteiger partial charge in [0.2, 0.25) is 5.91 Å². The summed E-state index contributed by atoms with van der Waals surface area (Å²) >= 11 is 0. The molecule has 1 rings (SSSR count). The molecule has 17 heavy (non-hydrogen) atoms. The molecule has 5 heteroatoms. The summed E-state index contributed by atoms with van der Waals surface area (Å²) < 4.78 is 0. The molecule has 0 saturated heterocycles. The molecule has 1 saturated carbocycles. The summed E-state index contributed by atoms with van der Waals surface area (Å²) in [6.07, 6.45) is 2.01. The highest BCUT2D eigenvalue weighted by molar-refractivity contribution is 5.76. The number of hydrogen-bond donors (Lipinski definition) is 3. The van der Waals surface area contributed by atoms with Crippen molar-refractivity contribution < 1.29 is 14.7 Å². The minimum Gasteiger partial charge on any atom is -0.481 e. The van der Waals surface area contributed by atoms with Gasteiger partial charge in [-0.05, 0) is 33.6 Å². The Morgan fingerprint density at radius 1 is 1.29 bits per heavy atom. The van der Waals surface area contributed by atoms with Crippen molar-refractivity contribution in [1.29, 1.82) is 0 Å². The number of carboxylic acid groups (broad SMARTS) is 1. The van der Waals surface area contributed by atoms with Gasteiger partial charge < -0.3 is 15.7 Å². The maximum Gasteiger partial charge on any atom is 0.308 e. The third kappa shape index (κ3) is 4.73. The number of nitrogens with one attached hydrogen (secondary N) is 2. The zero-order valence-electron chi connectivity index (χ0n) is 10.7. The molecule has 1 fully saturated rings. The Kier molecular flexibility index (Phi) is 4.51. The van der Waals surface area contributed by atoms with E-state index in [0.717, 1.165) is 12.8 Å². The second-order valence-corrected chi connectivity index (χ2v) is 5.63. The van der Waals surface area contributed by atoms with E-state index in [1.807, 2.05) is 20.8 Å². The van der Waals surface area contributed by atoms with Crippen LogP contribution in [0.3, 0.4) is 0 Å². The van der Waals surface area contributed by atoms with Crippen molar-refractivity contribution in [3.63, 3.8) is 0 Å². The maximum absolute atomic E-state index is 11.5. The fourth-order valence-corrected chi connectivity index (χ4v) is 1.89. The first-order valence-corrected chi connectivity index (χ1v) is 6.07. The lowest BCUT2D eigenvalue weighted by atomic mass is 9.79. The SMILES string of the molecule is CC(C)(C)NC(=O)CCNC1CCC1C(=O)O. The van der Waals surface area contributed by atoms with Crippen LogP contribution in [0.5, 0.6) is 0 Å². The lowest BCUT2D eigenvalue weighted by Gasteiger charge is -2.34. The van der Waals surface area contributed by atoms with Gasteiger partial charge in [-0.1, -0.05) is 0 Å². The van der Waals surface area contributed by atoms with E-state index in [2.05, 4.69) is 10.6 Å². The summed E-state index contributed by atoms with van der Waals surface area (Å²) in [6, 6.07) is 0.0370. The molecular weight excluding hydrogens is 220 g/mol. The maximum atomic E-state index is 11.5. The van der Waals surface area contributed by atoms with E-state index in [-0.39, 0.29) is 23.4 Å². The van der Waals surface area contributed by atoms with Gasteiger partial charge in [-0.3, -0.25) is 9.59 Å². The van der Waals surface area contributed by atoms with Crippen LogP contribution in [0.2, 0.25) is 0 Å². The third-order valence-corrected chi connectivity index (χ3v) is 2.86. The Labute approximate surface area is 102 Å². The molecule has 98 valence electrons. The van der Waals surface area contributed by atoms with Gasteiger partial charge in [0.25, 0.3) is 0 Å². The summed E-state index contributed by atoms with van der Waals surface area (Å²) in [4.78, 5) is 22.3. The highest BCUT2D eigenvalue weighted by Gasteiger charge is 2.35. The van der Waals surface area contributed by atoms with E-state index < -0.39 is 5.97 Å². The number of amides is 1. The van der Waals surface area contributed by atoms with Crippen molar-refractivity contribution in [2.24, 2.45) is 5.92 Å². The lowest BCUT2D eigenvalue weighted by molar-refractivity contribution is -0.146. The highest BCUT2D eigenvalue weighted by atomic mass is 16.4. The molecule has 3 N–H and O–H groups in total. The molecule has 0 heterocycles. The molecule has 0 spiro atoms. The van der Waals surface area contributed by atoms with Crippen LogP contribution < -0.4 is 10.6 Å². The minimum atomic E-state index is -0.743. The van der Waals surface area contributed by atoms with Crippen molar-refractivity contribution in [2.75, 3.05) is 6.54 Å². The van der Waals surface area contributed by atoms with Gasteiger partial charge in [0.15, 0.2) is 0 Å². The van der Waals surface area contributed by atoms with Gasteiger partial charge in [-0.2, -0.15) is 0 Å². The van der Waals surface area contributed by atoms with Gasteiger partial charge >= 0.3 is 5.97 Å². The molecule has 0 aromatic rings. The normalized spacial score (nSPS) is 23.9. The first-order valence-electron chi connectivity index (χ1n) is 6.07. The van der Waals surface area contributed by atoms with E-state index in [4.69, 9.17) is 5.11 Å². The summed E-state index contributed by atoms with van der Waals surface area (Å²) in [5.41, 5.74) is -0.211. The molecule has 2 atom stereocenters. The van der Waals surface area contributed by atoms with E-state index in [1.54, 1.807) is 0 Å². The first kappa shape index (κ1) is 14.0. The zero-order chi connectivity index (χ0) is 13.1. The van der Waals surface area contributed by atoms with Crippen LogP contribution in [-0.4, -0.2) is 35.1 Å². The molecule has 1 amide bonds. The number of carboxylic acids is 1. The van der Waals surface area contributed by atoms with E-state index in [0.29, 0.717) is 13.0 Å². The molecule has 0 aromatic carbocycles. The molecular formula is C12H22N2O3. The Bertz CT molecular complexity index is 297. The minimum absolute atomic E-state index is 0.00352. The van der Waals surface area contributed by atoms with Crippen molar-refractivity contribution in [3.8, 4) is 0 Å². The Morgan fingerprint density at radius 2 is 1.94 bits per heavy atom. The van der Waals surface area contributed by atoms with Gasteiger partial charge in [-0.25, -0.2) is 0 Å². The third-order valence-electron chi connectivity index (χ3n) is 2.86. The topological polar surface area (TPSA) is 78.4 Å². The second-order valence-electron chi connectivity index (χ2n) is 5.63. The average molecular weight is 242 g/mol. The lowest BCUT2D eigenvalue weighted by Crippen LogP contribution is -2.49. The number of carbonyl (C=O) groups excluding carboxylic acids is 1. The zero-order valence-corrected chi connectivity index (χ0v) is 10.7. The van der Waals surface area contributed by atoms with Crippen LogP contribution in [0.1, 0.15) is 40.0 Å². The Morgan fingerprint density at radius 3 is 2.35 bits per heavy atom. The number of hydrogen-bond acceptors (Lipinski definition) is 3. The molecule has 1 aliphatic carbocycles. The van der Waals surface area contributed by atoms with Crippen LogP contribution in [0.15, 0.2) is 0 Å². The first-order chi connectivity index (χ1) is 7.79. The summed E-state index contributed by atoms with van der Waals surface area (Å²) in [6.45, 7) is 6.34. The predicted octanol–water partition coefficient (Wildman–Crippen LogP) is 0.744. The van der Waals surface area contributed by atoms with Crippen LogP contribution >= 0.6 is 0 Å².